The van der Waals surface area contributed by atoms with Crippen molar-refractivity contribution in [2.75, 3.05) is 17.7 Å². The molecule has 3 heteroatoms. The van der Waals surface area contributed by atoms with E-state index in [0.29, 0.717) is 6.54 Å². The first-order chi connectivity index (χ1) is 7.04. The zero-order valence-electron chi connectivity index (χ0n) is 9.47. The van der Waals surface area contributed by atoms with Crippen molar-refractivity contribution in [3.8, 4) is 0 Å². The van der Waals surface area contributed by atoms with E-state index in [1.807, 2.05) is 0 Å². The molecule has 1 atom stereocenters. The molecule has 0 aliphatic carbocycles. The number of aryl methyl sites for hydroxylation is 3. The van der Waals surface area contributed by atoms with Gasteiger partial charge in [0.15, 0.2) is 0 Å². The number of aliphatic hydroxyl groups is 1. The van der Waals surface area contributed by atoms with E-state index < -0.39 is 6.10 Å². The summed E-state index contributed by atoms with van der Waals surface area (Å²) in [5.41, 5.74) is 4.81. The highest BCUT2D eigenvalue weighted by Gasteiger charge is 2.04. The molecule has 0 aliphatic rings. The van der Waals surface area contributed by atoms with Crippen LogP contribution in [0, 0.1) is 20.8 Å². The van der Waals surface area contributed by atoms with Gasteiger partial charge in [-0.2, -0.15) is 0 Å². The second-order valence-corrected chi connectivity index (χ2v) is 4.25. The second kappa shape index (κ2) is 5.38. The average molecular weight is 228 g/mol. The van der Waals surface area contributed by atoms with Gasteiger partial charge in [-0.25, -0.2) is 0 Å². The molecule has 15 heavy (non-hydrogen) atoms. The number of benzene rings is 1. The molecule has 1 unspecified atom stereocenters. The van der Waals surface area contributed by atoms with Crippen molar-refractivity contribution in [2.24, 2.45) is 0 Å². The fourth-order valence-corrected chi connectivity index (χ4v) is 1.54. The van der Waals surface area contributed by atoms with Gasteiger partial charge in [0.2, 0.25) is 0 Å². The summed E-state index contributed by atoms with van der Waals surface area (Å²) in [7, 11) is 0. The molecule has 1 rings (SSSR count). The van der Waals surface area contributed by atoms with Crippen molar-refractivity contribution >= 4 is 17.3 Å². The molecule has 1 aromatic carbocycles. The van der Waals surface area contributed by atoms with Crippen LogP contribution >= 0.6 is 11.6 Å². The van der Waals surface area contributed by atoms with Crippen LogP contribution in [0.25, 0.3) is 0 Å². The molecule has 0 amide bonds. The monoisotopic (exact) mass is 227 g/mol. The summed E-state index contributed by atoms with van der Waals surface area (Å²) in [6.45, 7) is 6.73. The van der Waals surface area contributed by atoms with Gasteiger partial charge >= 0.3 is 0 Å². The van der Waals surface area contributed by atoms with Gasteiger partial charge in [0.25, 0.3) is 0 Å². The summed E-state index contributed by atoms with van der Waals surface area (Å²) < 4.78 is 0. The van der Waals surface area contributed by atoms with Gasteiger partial charge in [0.1, 0.15) is 0 Å². The van der Waals surface area contributed by atoms with E-state index in [2.05, 4.69) is 38.2 Å². The lowest BCUT2D eigenvalue weighted by Crippen LogP contribution is -2.21. The van der Waals surface area contributed by atoms with E-state index in [4.69, 9.17) is 11.6 Å². The lowest BCUT2D eigenvalue weighted by molar-refractivity contribution is 0.211. The predicted octanol–water partition coefficient (Wildman–Crippen LogP) is 2.62. The Hall–Kier alpha value is -0.730. The number of halogens is 1. The SMILES string of the molecule is Cc1cc(C)c(NCC(O)CCl)cc1C. The molecule has 0 radical (unpaired) electrons. The van der Waals surface area contributed by atoms with Crippen LogP contribution < -0.4 is 5.32 Å². The van der Waals surface area contributed by atoms with Crippen molar-refractivity contribution < 1.29 is 5.11 Å². The number of rotatable bonds is 4. The minimum Gasteiger partial charge on any atom is -0.390 e. The Morgan fingerprint density at radius 3 is 2.40 bits per heavy atom. The number of hydrogen-bond donors (Lipinski definition) is 2. The summed E-state index contributed by atoms with van der Waals surface area (Å²) in [6.07, 6.45) is -0.493. The van der Waals surface area contributed by atoms with Gasteiger partial charge in [-0.05, 0) is 43.5 Å². The molecule has 0 heterocycles. The number of anilines is 1. The van der Waals surface area contributed by atoms with Gasteiger partial charge in [-0.15, -0.1) is 11.6 Å². The molecule has 0 bridgehead atoms. The van der Waals surface area contributed by atoms with Gasteiger partial charge in [-0.3, -0.25) is 0 Å². The van der Waals surface area contributed by atoms with Crippen LogP contribution in [0.4, 0.5) is 5.69 Å². The molecule has 0 aromatic heterocycles. The molecule has 2 N–H and O–H groups in total. The summed E-state index contributed by atoms with van der Waals surface area (Å²) in [4.78, 5) is 0. The number of alkyl halides is 1. The molecule has 0 saturated carbocycles. The first-order valence-electron chi connectivity index (χ1n) is 5.10. The third-order valence-corrected chi connectivity index (χ3v) is 2.90. The van der Waals surface area contributed by atoms with E-state index >= 15 is 0 Å². The minimum absolute atomic E-state index is 0.261. The molecule has 1 aromatic rings. The van der Waals surface area contributed by atoms with Gasteiger partial charge < -0.3 is 10.4 Å². The Morgan fingerprint density at radius 1 is 1.20 bits per heavy atom. The Labute approximate surface area is 96.3 Å². The Morgan fingerprint density at radius 2 is 1.80 bits per heavy atom. The second-order valence-electron chi connectivity index (χ2n) is 3.94. The van der Waals surface area contributed by atoms with Crippen LogP contribution in [0.2, 0.25) is 0 Å². The van der Waals surface area contributed by atoms with E-state index in [1.165, 1.54) is 16.7 Å². The van der Waals surface area contributed by atoms with Gasteiger partial charge in [0.05, 0.1) is 12.0 Å². The van der Waals surface area contributed by atoms with Crippen molar-refractivity contribution in [3.63, 3.8) is 0 Å². The summed E-state index contributed by atoms with van der Waals surface area (Å²) in [5, 5.41) is 12.5. The zero-order valence-corrected chi connectivity index (χ0v) is 10.2. The first-order valence-corrected chi connectivity index (χ1v) is 5.63. The maximum atomic E-state index is 9.34. The zero-order chi connectivity index (χ0) is 11.4. The maximum absolute atomic E-state index is 9.34. The van der Waals surface area contributed by atoms with Crippen molar-refractivity contribution in [1.82, 2.24) is 0 Å². The average Bonchev–Trinajstić information content (AvgIpc) is 2.21. The Bertz CT molecular complexity index is 339. The van der Waals surface area contributed by atoms with Crippen molar-refractivity contribution in [2.45, 2.75) is 26.9 Å². The predicted molar refractivity (Wildman–Crippen MR) is 65.9 cm³/mol. The molecule has 0 aliphatic heterocycles. The largest absolute Gasteiger partial charge is 0.390 e. The highest BCUT2D eigenvalue weighted by Crippen LogP contribution is 2.19. The fourth-order valence-electron chi connectivity index (χ4n) is 1.43. The standard InChI is InChI=1S/C12H18ClNO/c1-8-4-10(3)12(5-9(8)2)14-7-11(15)6-13/h4-5,11,14-15H,6-7H2,1-3H3. The van der Waals surface area contributed by atoms with E-state index in [0.717, 1.165) is 5.69 Å². The summed E-state index contributed by atoms with van der Waals surface area (Å²) in [5.74, 6) is 0.261. The highest BCUT2D eigenvalue weighted by atomic mass is 35.5. The topological polar surface area (TPSA) is 32.3 Å². The molecular formula is C12H18ClNO. The smallest absolute Gasteiger partial charge is 0.0847 e. The third-order valence-electron chi connectivity index (χ3n) is 2.55. The van der Waals surface area contributed by atoms with Crippen LogP contribution in [0.5, 0.6) is 0 Å². The normalized spacial score (nSPS) is 12.6. The van der Waals surface area contributed by atoms with Crippen LogP contribution in [0.1, 0.15) is 16.7 Å². The van der Waals surface area contributed by atoms with Crippen LogP contribution in [0.3, 0.4) is 0 Å². The minimum atomic E-state index is -0.493. The molecule has 84 valence electrons. The lowest BCUT2D eigenvalue weighted by Gasteiger charge is -2.14. The number of hydrogen-bond acceptors (Lipinski definition) is 2. The van der Waals surface area contributed by atoms with Crippen molar-refractivity contribution in [1.29, 1.82) is 0 Å². The summed E-state index contributed by atoms with van der Waals surface area (Å²) >= 11 is 5.52. The number of aliphatic hydroxyl groups excluding tert-OH is 1. The van der Waals surface area contributed by atoms with E-state index in [1.54, 1.807) is 0 Å². The Balaban J connectivity index is 2.73. The van der Waals surface area contributed by atoms with E-state index in [9.17, 15) is 5.11 Å². The maximum Gasteiger partial charge on any atom is 0.0847 e. The number of nitrogens with one attached hydrogen (secondary N) is 1. The quantitative estimate of drug-likeness (QED) is 0.776. The lowest BCUT2D eigenvalue weighted by atomic mass is 10.0. The van der Waals surface area contributed by atoms with E-state index in [-0.39, 0.29) is 5.88 Å². The van der Waals surface area contributed by atoms with Crippen molar-refractivity contribution in [3.05, 3.63) is 28.8 Å². The molecule has 0 fully saturated rings. The molecule has 0 saturated heterocycles. The molecule has 0 spiro atoms. The van der Waals surface area contributed by atoms with Gasteiger partial charge in [0, 0.05) is 12.2 Å². The molecular weight excluding hydrogens is 210 g/mol. The first kappa shape index (κ1) is 12.3. The van der Waals surface area contributed by atoms with Gasteiger partial charge in [-0.1, -0.05) is 6.07 Å². The molecule has 2 nitrogen and oxygen atoms in total. The summed E-state index contributed by atoms with van der Waals surface area (Å²) in [6, 6.07) is 4.25. The Kier molecular flexibility index (Phi) is 4.43. The van der Waals surface area contributed by atoms with Crippen LogP contribution in [-0.2, 0) is 0 Å². The van der Waals surface area contributed by atoms with Crippen LogP contribution in [-0.4, -0.2) is 23.6 Å². The fraction of sp³-hybridized carbons (Fsp3) is 0.500. The highest BCUT2D eigenvalue weighted by molar-refractivity contribution is 6.18. The van der Waals surface area contributed by atoms with Crippen LogP contribution in [0.15, 0.2) is 12.1 Å². The third kappa shape index (κ3) is 3.40.